The Hall–Kier alpha value is -1.41. The van der Waals surface area contributed by atoms with E-state index in [2.05, 4.69) is 80.3 Å². The van der Waals surface area contributed by atoms with Crippen LogP contribution in [0, 0.1) is 11.8 Å². The van der Waals surface area contributed by atoms with E-state index in [1.807, 2.05) is 0 Å². The van der Waals surface area contributed by atoms with Gasteiger partial charge in [0.15, 0.2) is 0 Å². The maximum atomic E-state index is 3.83. The normalized spacial score (nSPS) is 35.6. The van der Waals surface area contributed by atoms with Crippen LogP contribution in [0.3, 0.4) is 0 Å². The van der Waals surface area contributed by atoms with Gasteiger partial charge in [-0.3, -0.25) is 0 Å². The second kappa shape index (κ2) is 5.81. The van der Waals surface area contributed by atoms with E-state index in [0.717, 1.165) is 11.8 Å². The van der Waals surface area contributed by atoms with Crippen LogP contribution in [-0.4, -0.2) is 11.3 Å². The van der Waals surface area contributed by atoms with Crippen molar-refractivity contribution in [3.8, 4) is 0 Å². The van der Waals surface area contributed by atoms with Gasteiger partial charge in [0.05, 0.1) is 0 Å². The Morgan fingerprint density at radius 1 is 0.880 bits per heavy atom. The van der Waals surface area contributed by atoms with Gasteiger partial charge in [-0.2, -0.15) is 0 Å². The van der Waals surface area contributed by atoms with Crippen LogP contribution in [0.25, 0.3) is 0 Å². The number of benzene rings is 2. The van der Waals surface area contributed by atoms with Crippen LogP contribution in [0.2, 0.25) is 0 Å². The third-order valence-corrected chi connectivity index (χ3v) is 8.48. The second-order valence-corrected chi connectivity index (χ2v) is 9.58. The van der Waals surface area contributed by atoms with Crippen molar-refractivity contribution in [2.24, 2.45) is 11.8 Å². The zero-order valence-corrected chi connectivity index (χ0v) is 16.1. The Morgan fingerprint density at radius 2 is 1.60 bits per heavy atom. The molecule has 1 nitrogen and oxygen atoms in total. The van der Waals surface area contributed by atoms with Gasteiger partial charge in [-0.15, -0.1) is 11.8 Å². The third-order valence-electron chi connectivity index (χ3n) is 6.99. The quantitative estimate of drug-likeness (QED) is 0.671. The summed E-state index contributed by atoms with van der Waals surface area (Å²) < 4.78 is 0. The molecule has 0 saturated heterocycles. The van der Waals surface area contributed by atoms with E-state index >= 15 is 0 Å². The van der Waals surface area contributed by atoms with Crippen molar-refractivity contribution in [2.75, 3.05) is 5.32 Å². The highest BCUT2D eigenvalue weighted by Gasteiger charge is 2.52. The number of nitrogens with one attached hydrogen (secondary N) is 1. The van der Waals surface area contributed by atoms with Gasteiger partial charge in [0, 0.05) is 33.7 Å². The molecule has 2 heteroatoms. The van der Waals surface area contributed by atoms with Crippen molar-refractivity contribution in [3.05, 3.63) is 59.2 Å². The molecule has 0 amide bonds. The number of para-hydroxylation sites is 1. The van der Waals surface area contributed by atoms with Crippen LogP contribution in [0.5, 0.6) is 0 Å². The highest BCUT2D eigenvalue weighted by Crippen LogP contribution is 2.63. The molecule has 2 aromatic carbocycles. The predicted octanol–water partition coefficient (Wildman–Crippen LogP) is 6.06. The highest BCUT2D eigenvalue weighted by molar-refractivity contribution is 8.00. The maximum Gasteiger partial charge on any atom is 0.0410 e. The fourth-order valence-corrected chi connectivity index (χ4v) is 7.40. The van der Waals surface area contributed by atoms with Gasteiger partial charge < -0.3 is 5.32 Å². The molecule has 1 aliphatic carbocycles. The van der Waals surface area contributed by atoms with E-state index in [-0.39, 0.29) is 0 Å². The van der Waals surface area contributed by atoms with Crippen LogP contribution < -0.4 is 5.32 Å². The van der Waals surface area contributed by atoms with Crippen molar-refractivity contribution >= 4 is 17.4 Å². The molecule has 2 aromatic rings. The molecule has 1 N–H and O–H groups in total. The summed E-state index contributed by atoms with van der Waals surface area (Å²) in [5.74, 6) is 2.81. The van der Waals surface area contributed by atoms with Crippen molar-refractivity contribution in [1.82, 2.24) is 0 Å². The minimum atomic E-state index is 0.590. The largest absolute Gasteiger partial charge is 0.382 e. The summed E-state index contributed by atoms with van der Waals surface area (Å²) in [6, 6.07) is 16.7. The SMILES string of the molecule is CC1CCc2cccc([C@H]3C4Sc5ccccc5C4[C@@H](C)C3C)c2N1. The fraction of sp³-hybridized carbons (Fsp3) is 0.478. The maximum absolute atomic E-state index is 3.83. The summed E-state index contributed by atoms with van der Waals surface area (Å²) in [5, 5.41) is 4.52. The molecule has 1 saturated carbocycles. The summed E-state index contributed by atoms with van der Waals surface area (Å²) >= 11 is 2.14. The molecule has 0 bridgehead atoms. The highest BCUT2D eigenvalue weighted by atomic mass is 32.2. The summed E-state index contributed by atoms with van der Waals surface area (Å²) in [6.07, 6.45) is 2.47. The van der Waals surface area contributed by atoms with Gasteiger partial charge in [-0.05, 0) is 54.4 Å². The van der Waals surface area contributed by atoms with Gasteiger partial charge in [0.1, 0.15) is 0 Å². The number of rotatable bonds is 1. The lowest BCUT2D eigenvalue weighted by Crippen LogP contribution is -2.25. The Bertz CT molecular complexity index is 813. The first kappa shape index (κ1) is 15.8. The van der Waals surface area contributed by atoms with Crippen molar-refractivity contribution < 1.29 is 0 Å². The van der Waals surface area contributed by atoms with Gasteiger partial charge in [0.25, 0.3) is 0 Å². The minimum Gasteiger partial charge on any atom is -0.382 e. The first-order valence-electron chi connectivity index (χ1n) is 9.79. The number of aryl methyl sites for hydroxylation is 1. The first-order chi connectivity index (χ1) is 12.1. The first-order valence-corrected chi connectivity index (χ1v) is 10.7. The van der Waals surface area contributed by atoms with Crippen molar-refractivity contribution in [3.63, 3.8) is 0 Å². The number of anilines is 1. The monoisotopic (exact) mass is 349 g/mol. The van der Waals surface area contributed by atoms with Crippen LogP contribution in [0.4, 0.5) is 5.69 Å². The van der Waals surface area contributed by atoms with E-state index in [1.54, 1.807) is 11.1 Å². The molecular weight excluding hydrogens is 322 g/mol. The molecule has 2 aliphatic heterocycles. The van der Waals surface area contributed by atoms with Gasteiger partial charge >= 0.3 is 0 Å². The molecule has 0 aromatic heterocycles. The molecule has 0 spiro atoms. The Morgan fingerprint density at radius 3 is 2.44 bits per heavy atom. The van der Waals surface area contributed by atoms with Gasteiger partial charge in [0.2, 0.25) is 0 Å². The Labute approximate surface area is 155 Å². The molecule has 3 aliphatic rings. The molecule has 0 radical (unpaired) electrons. The average Bonchev–Trinajstić information content (AvgIpc) is 3.10. The topological polar surface area (TPSA) is 12.0 Å². The summed E-state index contributed by atoms with van der Waals surface area (Å²) in [4.78, 5) is 1.52. The average molecular weight is 350 g/mol. The summed E-state index contributed by atoms with van der Waals surface area (Å²) in [6.45, 7) is 7.29. The zero-order chi connectivity index (χ0) is 17.1. The lowest BCUT2D eigenvalue weighted by molar-refractivity contribution is 0.400. The number of fused-ring (bicyclic) bond motifs is 4. The van der Waals surface area contributed by atoms with Crippen LogP contribution >= 0.6 is 11.8 Å². The number of thioether (sulfide) groups is 1. The van der Waals surface area contributed by atoms with E-state index in [9.17, 15) is 0 Å². The molecule has 4 unspecified atom stereocenters. The standard InChI is InChI=1S/C23H27NS/c1-13-11-12-16-7-6-9-18(22(16)24-13)21-15(3)14(2)20-17-8-4-5-10-19(17)25-23(20)21/h4-10,13-15,20-21,23-24H,11-12H2,1-3H3/t13?,14-,15?,20?,21-,23?/m0/s1. The predicted molar refractivity (Wildman–Crippen MR) is 108 cm³/mol. The summed E-state index contributed by atoms with van der Waals surface area (Å²) in [5.41, 5.74) is 6.17. The fourth-order valence-electron chi connectivity index (χ4n) is 5.53. The van der Waals surface area contributed by atoms with Crippen molar-refractivity contribution in [2.45, 2.75) is 61.6 Å². The lowest BCUT2D eigenvalue weighted by atomic mass is 9.83. The minimum absolute atomic E-state index is 0.590. The smallest absolute Gasteiger partial charge is 0.0410 e. The zero-order valence-electron chi connectivity index (χ0n) is 15.3. The van der Waals surface area contributed by atoms with Crippen LogP contribution in [-0.2, 0) is 6.42 Å². The molecule has 2 heterocycles. The molecule has 1 fully saturated rings. The molecule has 6 atom stereocenters. The molecular formula is C23H27NS. The molecule has 130 valence electrons. The Balaban J connectivity index is 1.60. The molecule has 5 rings (SSSR count). The second-order valence-electron chi connectivity index (χ2n) is 8.36. The van der Waals surface area contributed by atoms with Gasteiger partial charge in [-0.1, -0.05) is 50.2 Å². The van der Waals surface area contributed by atoms with Crippen molar-refractivity contribution in [1.29, 1.82) is 0 Å². The lowest BCUT2D eigenvalue weighted by Gasteiger charge is -2.31. The van der Waals surface area contributed by atoms with Crippen LogP contribution in [0.1, 0.15) is 55.7 Å². The van der Waals surface area contributed by atoms with E-state index in [0.29, 0.717) is 23.1 Å². The summed E-state index contributed by atoms with van der Waals surface area (Å²) in [7, 11) is 0. The Kier molecular flexibility index (Phi) is 3.67. The third kappa shape index (κ3) is 2.30. The molecule has 25 heavy (non-hydrogen) atoms. The number of hydrogen-bond donors (Lipinski definition) is 1. The van der Waals surface area contributed by atoms with Gasteiger partial charge in [-0.25, -0.2) is 0 Å². The van der Waals surface area contributed by atoms with E-state index in [4.69, 9.17) is 0 Å². The number of hydrogen-bond acceptors (Lipinski definition) is 2. The van der Waals surface area contributed by atoms with Crippen LogP contribution in [0.15, 0.2) is 47.4 Å². The van der Waals surface area contributed by atoms with E-state index in [1.165, 1.54) is 29.0 Å². The van der Waals surface area contributed by atoms with E-state index < -0.39 is 0 Å².